The highest BCUT2D eigenvalue weighted by Crippen LogP contribution is 2.33. The van der Waals surface area contributed by atoms with Crippen molar-refractivity contribution in [2.24, 2.45) is 5.92 Å². The van der Waals surface area contributed by atoms with Crippen LogP contribution >= 0.6 is 11.3 Å². The fraction of sp³-hybridized carbons (Fsp3) is 0.364. The molecular weight excluding hydrogens is 372 g/mol. The molecule has 1 saturated heterocycles. The van der Waals surface area contributed by atoms with Crippen LogP contribution in [0.4, 0.5) is 0 Å². The van der Waals surface area contributed by atoms with E-state index in [-0.39, 0.29) is 11.7 Å². The van der Waals surface area contributed by atoms with Crippen molar-refractivity contribution in [2.75, 3.05) is 13.1 Å². The second kappa shape index (κ2) is 8.29. The Labute approximate surface area is 168 Å². The van der Waals surface area contributed by atoms with Crippen molar-refractivity contribution in [3.05, 3.63) is 64.7 Å². The van der Waals surface area contributed by atoms with Crippen molar-refractivity contribution in [3.8, 4) is 10.6 Å². The van der Waals surface area contributed by atoms with Crippen molar-refractivity contribution >= 4 is 17.2 Å². The first-order chi connectivity index (χ1) is 13.6. The molecule has 3 heterocycles. The van der Waals surface area contributed by atoms with Crippen LogP contribution in [0.1, 0.15) is 47.6 Å². The third-order valence-electron chi connectivity index (χ3n) is 5.34. The second-order valence-corrected chi connectivity index (χ2v) is 8.30. The number of likely N-dealkylation sites (tertiary alicyclic amines) is 1. The van der Waals surface area contributed by atoms with Gasteiger partial charge in [-0.05, 0) is 49.1 Å². The molecule has 0 spiro atoms. The fourth-order valence-corrected chi connectivity index (χ4v) is 4.53. The van der Waals surface area contributed by atoms with Gasteiger partial charge in [0.1, 0.15) is 17.4 Å². The number of piperidine rings is 1. The molecule has 1 amide bonds. The number of thiophene rings is 1. The number of aliphatic hydroxyl groups excluding tert-OH is 1. The lowest BCUT2D eigenvalue weighted by atomic mass is 9.90. The van der Waals surface area contributed by atoms with Crippen LogP contribution < -0.4 is 0 Å². The maximum atomic E-state index is 13.3. The van der Waals surface area contributed by atoms with Crippen molar-refractivity contribution in [1.82, 2.24) is 10.1 Å². The molecule has 146 valence electrons. The van der Waals surface area contributed by atoms with E-state index in [0.717, 1.165) is 24.1 Å². The van der Waals surface area contributed by atoms with Crippen molar-refractivity contribution in [1.29, 1.82) is 0 Å². The first-order valence-corrected chi connectivity index (χ1v) is 10.6. The molecule has 3 aromatic rings. The van der Waals surface area contributed by atoms with E-state index in [9.17, 15) is 9.90 Å². The quantitative estimate of drug-likeness (QED) is 0.687. The normalized spacial score (nSPS) is 16.3. The van der Waals surface area contributed by atoms with Gasteiger partial charge in [0.05, 0.1) is 4.88 Å². The SMILES string of the molecule is CC(O)c1onc(-c2cccs2)c1C(=O)N1CCC(Cc2ccccc2)CC1. The minimum Gasteiger partial charge on any atom is -0.385 e. The Morgan fingerprint density at radius 2 is 2.00 bits per heavy atom. The molecule has 1 unspecified atom stereocenters. The molecular formula is C22H24N2O3S. The van der Waals surface area contributed by atoms with Crippen LogP contribution in [0.25, 0.3) is 10.6 Å². The number of aromatic nitrogens is 1. The third kappa shape index (κ3) is 3.88. The summed E-state index contributed by atoms with van der Waals surface area (Å²) in [6, 6.07) is 14.3. The monoisotopic (exact) mass is 396 g/mol. The molecule has 28 heavy (non-hydrogen) atoms. The van der Waals surface area contributed by atoms with Crippen LogP contribution in [0.5, 0.6) is 0 Å². The maximum Gasteiger partial charge on any atom is 0.259 e. The van der Waals surface area contributed by atoms with E-state index < -0.39 is 6.10 Å². The average Bonchev–Trinajstić information content (AvgIpc) is 3.38. The Morgan fingerprint density at radius 3 is 2.64 bits per heavy atom. The summed E-state index contributed by atoms with van der Waals surface area (Å²) in [5, 5.41) is 16.1. The molecule has 0 radical (unpaired) electrons. The molecule has 0 saturated carbocycles. The summed E-state index contributed by atoms with van der Waals surface area (Å²) < 4.78 is 5.35. The summed E-state index contributed by atoms with van der Waals surface area (Å²) in [5.74, 6) is 0.737. The number of benzene rings is 1. The number of hydrogen-bond donors (Lipinski definition) is 1. The zero-order valence-electron chi connectivity index (χ0n) is 15.9. The Balaban J connectivity index is 1.49. The lowest BCUT2D eigenvalue weighted by Crippen LogP contribution is -2.39. The largest absolute Gasteiger partial charge is 0.385 e. The lowest BCUT2D eigenvalue weighted by Gasteiger charge is -2.32. The lowest BCUT2D eigenvalue weighted by molar-refractivity contribution is 0.0680. The van der Waals surface area contributed by atoms with Crippen LogP contribution in [-0.2, 0) is 6.42 Å². The molecule has 1 aliphatic heterocycles. The fourth-order valence-electron chi connectivity index (χ4n) is 3.82. The van der Waals surface area contributed by atoms with E-state index >= 15 is 0 Å². The molecule has 4 rings (SSSR count). The molecule has 1 aromatic carbocycles. The highest BCUT2D eigenvalue weighted by atomic mass is 32.1. The molecule has 0 aliphatic carbocycles. The zero-order chi connectivity index (χ0) is 19.5. The number of carbonyl (C=O) groups is 1. The van der Waals surface area contributed by atoms with Gasteiger partial charge in [-0.3, -0.25) is 4.79 Å². The number of carbonyl (C=O) groups excluding carboxylic acids is 1. The van der Waals surface area contributed by atoms with E-state index in [1.165, 1.54) is 16.9 Å². The maximum absolute atomic E-state index is 13.3. The van der Waals surface area contributed by atoms with E-state index in [2.05, 4.69) is 29.4 Å². The van der Waals surface area contributed by atoms with E-state index in [0.29, 0.717) is 30.3 Å². The second-order valence-electron chi connectivity index (χ2n) is 7.35. The van der Waals surface area contributed by atoms with Crippen LogP contribution in [0.15, 0.2) is 52.4 Å². The summed E-state index contributed by atoms with van der Waals surface area (Å²) in [6.45, 7) is 3.02. The molecule has 1 atom stereocenters. The van der Waals surface area contributed by atoms with Gasteiger partial charge in [0.2, 0.25) is 0 Å². The van der Waals surface area contributed by atoms with E-state index in [4.69, 9.17) is 4.52 Å². The van der Waals surface area contributed by atoms with Gasteiger partial charge in [0.15, 0.2) is 5.76 Å². The van der Waals surface area contributed by atoms with E-state index in [1.54, 1.807) is 6.92 Å². The number of rotatable bonds is 5. The molecule has 0 bridgehead atoms. The topological polar surface area (TPSA) is 66.6 Å². The summed E-state index contributed by atoms with van der Waals surface area (Å²) in [4.78, 5) is 16.0. The number of nitrogens with zero attached hydrogens (tertiary/aromatic N) is 2. The molecule has 1 fully saturated rings. The predicted octanol–water partition coefficient (Wildman–Crippen LogP) is 4.55. The van der Waals surface area contributed by atoms with Gasteiger partial charge in [-0.2, -0.15) is 0 Å². The van der Waals surface area contributed by atoms with Gasteiger partial charge in [0.25, 0.3) is 5.91 Å². The predicted molar refractivity (Wildman–Crippen MR) is 109 cm³/mol. The van der Waals surface area contributed by atoms with Gasteiger partial charge in [-0.1, -0.05) is 41.6 Å². The molecule has 5 nitrogen and oxygen atoms in total. The van der Waals surface area contributed by atoms with E-state index in [1.807, 2.05) is 28.5 Å². The Morgan fingerprint density at radius 1 is 1.25 bits per heavy atom. The standard InChI is InChI=1S/C22H24N2O3S/c1-15(25)21-19(20(23-27-21)18-8-5-13-28-18)22(26)24-11-9-17(10-12-24)14-16-6-3-2-4-7-16/h2-8,13,15,17,25H,9-12,14H2,1H3. The van der Waals surface area contributed by atoms with Crippen LogP contribution in [0.3, 0.4) is 0 Å². The smallest absolute Gasteiger partial charge is 0.259 e. The Bertz CT molecular complexity index is 911. The van der Waals surface area contributed by atoms with Gasteiger partial charge in [-0.15, -0.1) is 11.3 Å². The Kier molecular flexibility index (Phi) is 5.59. The third-order valence-corrected chi connectivity index (χ3v) is 6.21. The highest BCUT2D eigenvalue weighted by Gasteiger charge is 2.32. The number of aliphatic hydroxyl groups is 1. The number of amides is 1. The molecule has 6 heteroatoms. The molecule has 1 aliphatic rings. The van der Waals surface area contributed by atoms with Crippen LogP contribution in [0, 0.1) is 5.92 Å². The molecule has 2 aromatic heterocycles. The average molecular weight is 397 g/mol. The summed E-state index contributed by atoms with van der Waals surface area (Å²) in [7, 11) is 0. The zero-order valence-corrected chi connectivity index (χ0v) is 16.7. The van der Waals surface area contributed by atoms with Gasteiger partial charge < -0.3 is 14.5 Å². The van der Waals surface area contributed by atoms with Crippen molar-refractivity contribution in [3.63, 3.8) is 0 Å². The summed E-state index contributed by atoms with van der Waals surface area (Å²) >= 11 is 1.51. The number of hydrogen-bond acceptors (Lipinski definition) is 5. The van der Waals surface area contributed by atoms with Crippen LogP contribution in [0.2, 0.25) is 0 Å². The Hall–Kier alpha value is -2.44. The van der Waals surface area contributed by atoms with Gasteiger partial charge >= 0.3 is 0 Å². The van der Waals surface area contributed by atoms with Crippen LogP contribution in [-0.4, -0.2) is 34.2 Å². The van der Waals surface area contributed by atoms with Crippen molar-refractivity contribution < 1.29 is 14.4 Å². The highest BCUT2D eigenvalue weighted by molar-refractivity contribution is 7.13. The minimum atomic E-state index is -0.879. The van der Waals surface area contributed by atoms with Gasteiger partial charge in [-0.25, -0.2) is 0 Å². The minimum absolute atomic E-state index is 0.0984. The molecule has 1 N–H and O–H groups in total. The summed E-state index contributed by atoms with van der Waals surface area (Å²) in [5.41, 5.74) is 2.28. The first-order valence-electron chi connectivity index (χ1n) is 9.68. The van der Waals surface area contributed by atoms with Gasteiger partial charge in [0, 0.05) is 13.1 Å². The summed E-state index contributed by atoms with van der Waals surface area (Å²) in [6.07, 6.45) is 2.13. The first kappa shape index (κ1) is 18.9. The van der Waals surface area contributed by atoms with Crippen molar-refractivity contribution in [2.45, 2.75) is 32.3 Å².